The van der Waals surface area contributed by atoms with E-state index in [0.29, 0.717) is 6.04 Å². The van der Waals surface area contributed by atoms with Crippen LogP contribution in [0, 0.1) is 13.8 Å². The van der Waals surface area contributed by atoms with Crippen LogP contribution in [-0.2, 0) is 13.0 Å². The molecule has 24 heavy (non-hydrogen) atoms. The van der Waals surface area contributed by atoms with E-state index in [0.717, 1.165) is 35.7 Å². The molecule has 0 aliphatic rings. The summed E-state index contributed by atoms with van der Waals surface area (Å²) in [7, 11) is 2.08. The van der Waals surface area contributed by atoms with Crippen molar-refractivity contribution in [1.82, 2.24) is 29.6 Å². The van der Waals surface area contributed by atoms with Crippen molar-refractivity contribution in [3.05, 3.63) is 35.0 Å². The van der Waals surface area contributed by atoms with Crippen LogP contribution in [0.1, 0.15) is 49.5 Å². The fraction of sp³-hybridized carbons (Fsp3) is 0.529. The molecule has 7 nitrogen and oxygen atoms in total. The molecule has 0 aromatic carbocycles. The Kier molecular flexibility index (Phi) is 4.26. The number of hydrogen-bond acceptors (Lipinski definition) is 5. The van der Waals surface area contributed by atoms with E-state index in [9.17, 15) is 0 Å². The summed E-state index contributed by atoms with van der Waals surface area (Å²) in [5.74, 6) is 0. The number of hydrogen-bond donors (Lipinski definition) is 0. The van der Waals surface area contributed by atoms with E-state index in [1.165, 1.54) is 11.3 Å². The van der Waals surface area contributed by atoms with E-state index in [1.807, 2.05) is 0 Å². The highest BCUT2D eigenvalue weighted by molar-refractivity contribution is 5.68. The van der Waals surface area contributed by atoms with Gasteiger partial charge in [-0.25, -0.2) is 0 Å². The Balaban J connectivity index is 1.99. The van der Waals surface area contributed by atoms with Crippen LogP contribution >= 0.6 is 0 Å². The van der Waals surface area contributed by atoms with Gasteiger partial charge in [0.05, 0.1) is 17.1 Å². The summed E-state index contributed by atoms with van der Waals surface area (Å²) in [5.41, 5.74) is 6.40. The normalized spacial score (nSPS) is 11.6. The second-order valence-corrected chi connectivity index (χ2v) is 6.52. The van der Waals surface area contributed by atoms with E-state index in [2.05, 4.69) is 77.7 Å². The number of anilines is 1. The molecule has 0 saturated heterocycles. The smallest absolute Gasteiger partial charge is 0.200 e. The SMILES string of the molecule is CCc1cc(N(C)Cc2c(C)nn(C(C)C)c2C)c2nncn2n1. The molecule has 0 unspecified atom stereocenters. The van der Waals surface area contributed by atoms with E-state index in [4.69, 9.17) is 0 Å². The maximum atomic E-state index is 4.69. The van der Waals surface area contributed by atoms with Crippen LogP contribution in [0.2, 0.25) is 0 Å². The molecule has 3 heterocycles. The molecule has 0 spiro atoms. The minimum atomic E-state index is 0.360. The van der Waals surface area contributed by atoms with Crippen LogP contribution in [0.25, 0.3) is 5.65 Å². The molecule has 0 atom stereocenters. The highest BCUT2D eigenvalue weighted by Crippen LogP contribution is 2.24. The van der Waals surface area contributed by atoms with Crippen LogP contribution in [0.15, 0.2) is 12.4 Å². The molecule has 0 fully saturated rings. The first-order valence-electron chi connectivity index (χ1n) is 8.38. The van der Waals surface area contributed by atoms with Gasteiger partial charge in [0.2, 0.25) is 5.65 Å². The number of fused-ring (bicyclic) bond motifs is 1. The van der Waals surface area contributed by atoms with Crippen LogP contribution < -0.4 is 4.90 Å². The highest BCUT2D eigenvalue weighted by atomic mass is 15.4. The predicted molar refractivity (Wildman–Crippen MR) is 94.4 cm³/mol. The molecule has 0 amide bonds. The lowest BCUT2D eigenvalue weighted by Crippen LogP contribution is -2.19. The van der Waals surface area contributed by atoms with E-state index >= 15 is 0 Å². The van der Waals surface area contributed by atoms with E-state index in [1.54, 1.807) is 10.8 Å². The molecule has 7 heteroatoms. The van der Waals surface area contributed by atoms with Gasteiger partial charge in [0.1, 0.15) is 6.33 Å². The molecule has 0 aliphatic carbocycles. The first-order valence-corrected chi connectivity index (χ1v) is 8.38. The summed E-state index contributed by atoms with van der Waals surface area (Å²) in [5, 5.41) is 17.4. The standard InChI is InChI=1S/C17H25N7/c1-7-14-8-16(17-19-18-10-23(17)21-14)22(6)9-15-12(4)20-24(11(2)3)13(15)5/h8,10-11H,7,9H2,1-6H3. The molecule has 128 valence electrons. The van der Waals surface area contributed by atoms with Gasteiger partial charge in [0.15, 0.2) is 0 Å². The Morgan fingerprint density at radius 1 is 1.21 bits per heavy atom. The monoisotopic (exact) mass is 327 g/mol. The molecule has 0 N–H and O–H groups in total. The average molecular weight is 327 g/mol. The van der Waals surface area contributed by atoms with Gasteiger partial charge in [0.25, 0.3) is 0 Å². The Morgan fingerprint density at radius 3 is 2.58 bits per heavy atom. The molecule has 3 aromatic rings. The van der Waals surface area contributed by atoms with E-state index in [-0.39, 0.29) is 0 Å². The van der Waals surface area contributed by atoms with Crippen LogP contribution in [0.4, 0.5) is 5.69 Å². The molecular formula is C17H25N7. The maximum absolute atomic E-state index is 4.69. The molecule has 0 radical (unpaired) electrons. The summed E-state index contributed by atoms with van der Waals surface area (Å²) in [6, 6.07) is 2.46. The number of rotatable bonds is 5. The summed E-state index contributed by atoms with van der Waals surface area (Å²) in [6.45, 7) is 11.4. The fourth-order valence-corrected chi connectivity index (χ4v) is 3.07. The first-order chi connectivity index (χ1) is 11.4. The third-order valence-electron chi connectivity index (χ3n) is 4.43. The van der Waals surface area contributed by atoms with Gasteiger partial charge >= 0.3 is 0 Å². The molecule has 0 bridgehead atoms. The lowest BCUT2D eigenvalue weighted by molar-refractivity contribution is 0.515. The highest BCUT2D eigenvalue weighted by Gasteiger charge is 2.17. The first kappa shape index (κ1) is 16.4. The number of aryl methyl sites for hydroxylation is 2. The Morgan fingerprint density at radius 2 is 1.96 bits per heavy atom. The third kappa shape index (κ3) is 2.74. The maximum Gasteiger partial charge on any atom is 0.200 e. The van der Waals surface area contributed by atoms with Crippen LogP contribution in [0.3, 0.4) is 0 Å². The topological polar surface area (TPSA) is 64.1 Å². The molecular weight excluding hydrogens is 302 g/mol. The molecule has 0 saturated carbocycles. The Bertz CT molecular complexity index is 859. The quantitative estimate of drug-likeness (QED) is 0.721. The van der Waals surface area contributed by atoms with Gasteiger partial charge in [-0.1, -0.05) is 6.92 Å². The van der Waals surface area contributed by atoms with Crippen molar-refractivity contribution >= 4 is 11.3 Å². The van der Waals surface area contributed by atoms with Gasteiger partial charge in [0, 0.05) is 30.9 Å². The van der Waals surface area contributed by atoms with Crippen molar-refractivity contribution < 1.29 is 0 Å². The molecule has 3 rings (SSSR count). The fourth-order valence-electron chi connectivity index (χ4n) is 3.07. The minimum absolute atomic E-state index is 0.360. The van der Waals surface area contributed by atoms with Gasteiger partial charge < -0.3 is 4.90 Å². The number of aromatic nitrogens is 6. The van der Waals surface area contributed by atoms with Crippen LogP contribution in [0.5, 0.6) is 0 Å². The second-order valence-electron chi connectivity index (χ2n) is 6.52. The van der Waals surface area contributed by atoms with Gasteiger partial charge in [-0.05, 0) is 40.2 Å². The largest absolute Gasteiger partial charge is 0.367 e. The van der Waals surface area contributed by atoms with Crippen LogP contribution in [-0.4, -0.2) is 36.6 Å². The average Bonchev–Trinajstić information content (AvgIpc) is 3.13. The Hall–Kier alpha value is -2.44. The second kappa shape index (κ2) is 6.22. The van der Waals surface area contributed by atoms with Crippen molar-refractivity contribution in [3.63, 3.8) is 0 Å². The molecule has 0 aliphatic heterocycles. The van der Waals surface area contributed by atoms with Crippen molar-refractivity contribution in [2.45, 2.75) is 53.6 Å². The molecule has 3 aromatic heterocycles. The van der Waals surface area contributed by atoms with Gasteiger partial charge in [-0.15, -0.1) is 10.2 Å². The summed E-state index contributed by atoms with van der Waals surface area (Å²) in [4.78, 5) is 2.20. The minimum Gasteiger partial charge on any atom is -0.367 e. The number of nitrogens with zero attached hydrogens (tertiary/aromatic N) is 7. The van der Waals surface area contributed by atoms with Crippen molar-refractivity contribution in [1.29, 1.82) is 0 Å². The zero-order valence-electron chi connectivity index (χ0n) is 15.3. The Labute approximate surface area is 142 Å². The summed E-state index contributed by atoms with van der Waals surface area (Å²) in [6.07, 6.45) is 2.53. The zero-order chi connectivity index (χ0) is 17.4. The predicted octanol–water partition coefficient (Wildman–Crippen LogP) is 2.72. The summed E-state index contributed by atoms with van der Waals surface area (Å²) >= 11 is 0. The van der Waals surface area contributed by atoms with Gasteiger partial charge in [-0.3, -0.25) is 4.68 Å². The summed E-state index contributed by atoms with van der Waals surface area (Å²) < 4.78 is 3.84. The van der Waals surface area contributed by atoms with Crippen molar-refractivity contribution in [2.24, 2.45) is 0 Å². The lowest BCUT2D eigenvalue weighted by atomic mass is 10.1. The van der Waals surface area contributed by atoms with Crippen molar-refractivity contribution in [2.75, 3.05) is 11.9 Å². The lowest BCUT2D eigenvalue weighted by Gasteiger charge is -2.20. The van der Waals surface area contributed by atoms with Crippen molar-refractivity contribution in [3.8, 4) is 0 Å². The third-order valence-corrected chi connectivity index (χ3v) is 4.43. The van der Waals surface area contributed by atoms with Gasteiger partial charge in [-0.2, -0.15) is 14.7 Å². The zero-order valence-corrected chi connectivity index (χ0v) is 15.3. The van der Waals surface area contributed by atoms with E-state index < -0.39 is 0 Å².